The van der Waals surface area contributed by atoms with Gasteiger partial charge in [-0.1, -0.05) is 32.1 Å². The maximum absolute atomic E-state index is 12.8. The SMILES string of the molecule is N#CNC(=NCC1CCCCN1)NC1CCCC(C(=O)NCC(=O)NC(CC(=O)O)C2CCCCC2)C1. The lowest BCUT2D eigenvalue weighted by Gasteiger charge is -2.31. The normalized spacial score (nSPS) is 25.8. The van der Waals surface area contributed by atoms with Crippen molar-refractivity contribution in [2.75, 3.05) is 19.6 Å². The summed E-state index contributed by atoms with van der Waals surface area (Å²) in [6, 6.07) is -0.0848. The van der Waals surface area contributed by atoms with Gasteiger partial charge >= 0.3 is 5.97 Å². The minimum atomic E-state index is -0.926. The number of nitrogens with one attached hydrogen (secondary N) is 5. The number of nitrogens with zero attached hydrogens (tertiary/aromatic N) is 2. The van der Waals surface area contributed by atoms with Crippen molar-refractivity contribution in [1.29, 1.82) is 5.26 Å². The van der Waals surface area contributed by atoms with Crippen molar-refractivity contribution in [3.05, 3.63) is 0 Å². The predicted molar refractivity (Wildman–Crippen MR) is 139 cm³/mol. The minimum absolute atomic E-state index is 0.00323. The van der Waals surface area contributed by atoms with E-state index in [-0.39, 0.29) is 42.7 Å². The smallest absolute Gasteiger partial charge is 0.305 e. The first kappa shape index (κ1) is 28.7. The van der Waals surface area contributed by atoms with E-state index in [2.05, 4.69) is 31.6 Å². The van der Waals surface area contributed by atoms with Crippen LogP contribution in [0.25, 0.3) is 0 Å². The van der Waals surface area contributed by atoms with Gasteiger partial charge in [0.05, 0.1) is 19.5 Å². The Morgan fingerprint density at radius 1 is 1.03 bits per heavy atom. The molecule has 1 saturated heterocycles. The van der Waals surface area contributed by atoms with Crippen LogP contribution >= 0.6 is 0 Å². The zero-order valence-electron chi connectivity index (χ0n) is 21.8. The van der Waals surface area contributed by atoms with Gasteiger partial charge in [-0.05, 0) is 57.4 Å². The van der Waals surface area contributed by atoms with Crippen molar-refractivity contribution < 1.29 is 19.5 Å². The summed E-state index contributed by atoms with van der Waals surface area (Å²) in [6.07, 6.45) is 13.4. The molecule has 0 aromatic rings. The van der Waals surface area contributed by atoms with Gasteiger partial charge in [-0.15, -0.1) is 0 Å². The van der Waals surface area contributed by atoms with Crippen LogP contribution in [-0.2, 0) is 14.4 Å². The first-order valence-electron chi connectivity index (χ1n) is 13.9. The average molecular weight is 518 g/mol. The third kappa shape index (κ3) is 10.2. The molecule has 1 heterocycles. The third-order valence-electron chi connectivity index (χ3n) is 7.83. The Morgan fingerprint density at radius 2 is 1.81 bits per heavy atom. The van der Waals surface area contributed by atoms with E-state index in [9.17, 15) is 19.5 Å². The van der Waals surface area contributed by atoms with Crippen molar-refractivity contribution in [3.63, 3.8) is 0 Å². The molecule has 11 heteroatoms. The second-order valence-electron chi connectivity index (χ2n) is 10.7. The zero-order chi connectivity index (χ0) is 26.5. The fourth-order valence-electron chi connectivity index (χ4n) is 5.84. The van der Waals surface area contributed by atoms with Crippen molar-refractivity contribution in [3.8, 4) is 6.19 Å². The summed E-state index contributed by atoms with van der Waals surface area (Å²) in [5, 5.41) is 33.4. The van der Waals surface area contributed by atoms with E-state index in [4.69, 9.17) is 5.26 Å². The Kier molecular flexibility index (Phi) is 11.9. The molecule has 1 aliphatic heterocycles. The van der Waals surface area contributed by atoms with E-state index >= 15 is 0 Å². The summed E-state index contributed by atoms with van der Waals surface area (Å²) in [6.45, 7) is 1.42. The molecule has 3 aliphatic rings. The summed E-state index contributed by atoms with van der Waals surface area (Å²) < 4.78 is 0. The second kappa shape index (κ2) is 15.4. The van der Waals surface area contributed by atoms with Crippen LogP contribution in [-0.4, -0.2) is 66.6 Å². The number of carboxylic acid groups (broad SMARTS) is 1. The Morgan fingerprint density at radius 3 is 2.51 bits per heavy atom. The standard InChI is InChI=1S/C26H43N7O4/c27-17-31-26(30-15-21-10-4-5-12-28-21)32-20-11-6-9-19(13-20)25(37)29-16-23(34)33-22(14-24(35)36)18-7-2-1-3-8-18/h18-22,28H,1-16H2,(H,29,37)(H,33,34)(H,35,36)(H2,30,31,32). The van der Waals surface area contributed by atoms with Crippen LogP contribution in [0.1, 0.15) is 83.5 Å². The molecule has 4 atom stereocenters. The molecule has 3 fully saturated rings. The molecule has 6 N–H and O–H groups in total. The number of aliphatic imine (C=N–C) groups is 1. The molecule has 0 spiro atoms. The van der Waals surface area contributed by atoms with E-state index in [1.807, 2.05) is 6.19 Å². The highest BCUT2D eigenvalue weighted by Crippen LogP contribution is 2.28. The van der Waals surface area contributed by atoms with Gasteiger partial charge in [0.2, 0.25) is 17.8 Å². The van der Waals surface area contributed by atoms with Crippen LogP contribution in [0.4, 0.5) is 0 Å². The topological polar surface area (TPSA) is 168 Å². The van der Waals surface area contributed by atoms with E-state index in [0.717, 1.165) is 64.3 Å². The number of rotatable bonds is 10. The van der Waals surface area contributed by atoms with Crippen molar-refractivity contribution in [1.82, 2.24) is 26.6 Å². The molecule has 0 radical (unpaired) electrons. The summed E-state index contributed by atoms with van der Waals surface area (Å²) in [5.74, 6) is -1.08. The molecule has 37 heavy (non-hydrogen) atoms. The molecule has 2 saturated carbocycles. The van der Waals surface area contributed by atoms with Crippen LogP contribution < -0.4 is 26.6 Å². The lowest BCUT2D eigenvalue weighted by atomic mass is 9.82. The number of nitriles is 1. The van der Waals surface area contributed by atoms with Gasteiger partial charge in [0.1, 0.15) is 0 Å². The van der Waals surface area contributed by atoms with Gasteiger partial charge in [-0.2, -0.15) is 5.26 Å². The van der Waals surface area contributed by atoms with Gasteiger partial charge in [0.25, 0.3) is 0 Å². The van der Waals surface area contributed by atoms with Crippen LogP contribution in [0, 0.1) is 23.3 Å². The number of amides is 2. The molecular weight excluding hydrogens is 474 g/mol. The maximum Gasteiger partial charge on any atom is 0.305 e. The van der Waals surface area contributed by atoms with Gasteiger partial charge < -0.3 is 26.4 Å². The molecule has 3 rings (SSSR count). The number of hydrogen-bond donors (Lipinski definition) is 6. The molecule has 2 amide bonds. The highest BCUT2D eigenvalue weighted by Gasteiger charge is 2.30. The van der Waals surface area contributed by atoms with Gasteiger partial charge in [-0.3, -0.25) is 24.7 Å². The van der Waals surface area contributed by atoms with Crippen molar-refractivity contribution in [2.45, 2.75) is 102 Å². The Hall–Kier alpha value is -2.87. The minimum Gasteiger partial charge on any atom is -0.481 e. The summed E-state index contributed by atoms with van der Waals surface area (Å²) in [5.41, 5.74) is 0. The Bertz CT molecular complexity index is 831. The molecule has 0 bridgehead atoms. The largest absolute Gasteiger partial charge is 0.481 e. The predicted octanol–water partition coefficient (Wildman–Crippen LogP) is 1.36. The first-order chi connectivity index (χ1) is 17.9. The number of carbonyl (C=O) groups is 3. The van der Waals surface area contributed by atoms with Gasteiger partial charge in [0.15, 0.2) is 6.19 Å². The number of guanidine groups is 1. The van der Waals surface area contributed by atoms with E-state index in [1.165, 1.54) is 12.8 Å². The molecular formula is C26H43N7O4. The second-order valence-corrected chi connectivity index (χ2v) is 10.7. The van der Waals surface area contributed by atoms with Gasteiger partial charge in [0, 0.05) is 24.0 Å². The van der Waals surface area contributed by atoms with Crippen LogP contribution in [0.3, 0.4) is 0 Å². The molecule has 206 valence electrons. The zero-order valence-corrected chi connectivity index (χ0v) is 21.8. The molecule has 4 unspecified atom stereocenters. The lowest BCUT2D eigenvalue weighted by Crippen LogP contribution is -2.49. The fourth-order valence-corrected chi connectivity index (χ4v) is 5.84. The molecule has 11 nitrogen and oxygen atoms in total. The number of carbonyl (C=O) groups excluding carboxylic acids is 2. The maximum atomic E-state index is 12.8. The number of carboxylic acids is 1. The number of aliphatic carboxylic acids is 1. The van der Waals surface area contributed by atoms with Crippen LogP contribution in [0.2, 0.25) is 0 Å². The summed E-state index contributed by atoms with van der Waals surface area (Å²) >= 11 is 0. The molecule has 2 aliphatic carbocycles. The quantitative estimate of drug-likeness (QED) is 0.109. The average Bonchev–Trinajstić information content (AvgIpc) is 2.91. The first-order valence-corrected chi connectivity index (χ1v) is 13.9. The fraction of sp³-hybridized carbons (Fsp3) is 0.808. The van der Waals surface area contributed by atoms with E-state index in [0.29, 0.717) is 25.0 Å². The van der Waals surface area contributed by atoms with E-state index < -0.39 is 12.0 Å². The third-order valence-corrected chi connectivity index (χ3v) is 7.83. The number of hydrogen-bond acceptors (Lipinski definition) is 6. The van der Waals surface area contributed by atoms with Crippen LogP contribution in [0.15, 0.2) is 4.99 Å². The number of piperidine rings is 1. The molecule has 0 aromatic heterocycles. The Labute approximate surface area is 219 Å². The van der Waals surface area contributed by atoms with Gasteiger partial charge in [-0.25, -0.2) is 0 Å². The lowest BCUT2D eigenvalue weighted by molar-refractivity contribution is -0.138. The van der Waals surface area contributed by atoms with Crippen LogP contribution in [0.5, 0.6) is 0 Å². The highest BCUT2D eigenvalue weighted by atomic mass is 16.4. The van der Waals surface area contributed by atoms with Crippen molar-refractivity contribution in [2.24, 2.45) is 16.8 Å². The highest BCUT2D eigenvalue weighted by molar-refractivity contribution is 5.86. The monoisotopic (exact) mass is 517 g/mol. The Balaban J connectivity index is 1.45. The van der Waals surface area contributed by atoms with Crippen molar-refractivity contribution >= 4 is 23.7 Å². The summed E-state index contributed by atoms with van der Waals surface area (Å²) in [4.78, 5) is 41.3. The molecule has 0 aromatic carbocycles. The summed E-state index contributed by atoms with van der Waals surface area (Å²) in [7, 11) is 0. The van der Waals surface area contributed by atoms with E-state index in [1.54, 1.807) is 0 Å².